The molecule has 0 fully saturated rings. The monoisotopic (exact) mass is 307 g/mol. The summed E-state index contributed by atoms with van der Waals surface area (Å²) in [4.78, 5) is 0. The molecule has 1 heterocycles. The van der Waals surface area contributed by atoms with Gasteiger partial charge in [-0.1, -0.05) is 29.3 Å². The molecule has 2 aromatic rings. The smallest absolute Gasteiger partial charge is 0.127 e. The molecular weight excluding hydrogens is 293 g/mol. The predicted molar refractivity (Wildman–Crippen MR) is 84.2 cm³/mol. The van der Waals surface area contributed by atoms with Crippen LogP contribution < -0.4 is 10.1 Å². The highest BCUT2D eigenvalue weighted by molar-refractivity contribution is 6.31. The summed E-state index contributed by atoms with van der Waals surface area (Å²) in [6.45, 7) is 3.39. The van der Waals surface area contributed by atoms with Crippen LogP contribution in [-0.2, 0) is 13.0 Å². The van der Waals surface area contributed by atoms with Crippen molar-refractivity contribution in [3.8, 4) is 5.75 Å². The van der Waals surface area contributed by atoms with Crippen molar-refractivity contribution in [3.63, 3.8) is 0 Å². The Morgan fingerprint density at radius 3 is 2.85 bits per heavy atom. The van der Waals surface area contributed by atoms with Gasteiger partial charge in [-0.25, -0.2) is 0 Å². The second-order valence-corrected chi connectivity index (χ2v) is 5.81. The first-order valence-electron chi connectivity index (χ1n) is 6.57. The van der Waals surface area contributed by atoms with E-state index in [1.54, 1.807) is 0 Å². The van der Waals surface area contributed by atoms with Crippen LogP contribution in [0.15, 0.2) is 30.3 Å². The van der Waals surface area contributed by atoms with Crippen molar-refractivity contribution in [2.75, 3.05) is 11.9 Å². The molecule has 0 aliphatic carbocycles. The zero-order chi connectivity index (χ0) is 14.1. The Hall–Kier alpha value is -1.38. The highest BCUT2D eigenvalue weighted by Crippen LogP contribution is 2.33. The first kappa shape index (κ1) is 13.6. The fourth-order valence-electron chi connectivity index (χ4n) is 2.38. The number of nitrogens with one attached hydrogen (secondary N) is 1. The van der Waals surface area contributed by atoms with Crippen molar-refractivity contribution in [1.82, 2.24) is 0 Å². The van der Waals surface area contributed by atoms with Crippen LogP contribution in [0.25, 0.3) is 0 Å². The van der Waals surface area contributed by atoms with Crippen molar-refractivity contribution < 1.29 is 4.74 Å². The maximum Gasteiger partial charge on any atom is 0.127 e. The minimum atomic E-state index is 0.669. The molecule has 2 nitrogen and oxygen atoms in total. The summed E-state index contributed by atoms with van der Waals surface area (Å²) in [6, 6.07) is 9.89. The van der Waals surface area contributed by atoms with E-state index in [1.807, 2.05) is 37.3 Å². The molecule has 4 heteroatoms. The quantitative estimate of drug-likeness (QED) is 0.875. The highest BCUT2D eigenvalue weighted by atomic mass is 35.5. The number of anilines is 1. The van der Waals surface area contributed by atoms with Crippen molar-refractivity contribution >= 4 is 28.9 Å². The van der Waals surface area contributed by atoms with Gasteiger partial charge < -0.3 is 10.1 Å². The van der Waals surface area contributed by atoms with Crippen LogP contribution in [-0.4, -0.2) is 6.61 Å². The van der Waals surface area contributed by atoms with Crippen LogP contribution in [0, 0.1) is 6.92 Å². The molecular formula is C16H15Cl2NO. The van der Waals surface area contributed by atoms with E-state index < -0.39 is 0 Å². The fraction of sp³-hybridized carbons (Fsp3) is 0.250. The number of hydrogen-bond donors (Lipinski definition) is 1. The van der Waals surface area contributed by atoms with E-state index in [0.29, 0.717) is 6.54 Å². The van der Waals surface area contributed by atoms with Crippen molar-refractivity contribution in [2.45, 2.75) is 19.9 Å². The number of aryl methyl sites for hydroxylation is 1. The first-order chi connectivity index (χ1) is 9.63. The van der Waals surface area contributed by atoms with Crippen molar-refractivity contribution in [1.29, 1.82) is 0 Å². The fourth-order valence-corrected chi connectivity index (χ4v) is 2.82. The van der Waals surface area contributed by atoms with E-state index in [1.165, 1.54) is 5.56 Å². The molecule has 0 saturated heterocycles. The lowest BCUT2D eigenvalue weighted by Gasteiger charge is -2.12. The molecule has 1 aliphatic rings. The van der Waals surface area contributed by atoms with Crippen LogP contribution in [0.3, 0.4) is 0 Å². The lowest BCUT2D eigenvalue weighted by molar-refractivity contribution is 0.354. The normalized spacial score (nSPS) is 12.9. The number of hydrogen-bond acceptors (Lipinski definition) is 2. The molecule has 0 aromatic heterocycles. The lowest BCUT2D eigenvalue weighted by Crippen LogP contribution is -2.02. The molecule has 0 spiro atoms. The Morgan fingerprint density at radius 2 is 2.05 bits per heavy atom. The summed E-state index contributed by atoms with van der Waals surface area (Å²) in [6.07, 6.45) is 0.930. The maximum absolute atomic E-state index is 6.15. The molecule has 0 saturated carbocycles. The van der Waals surface area contributed by atoms with Crippen LogP contribution in [0.1, 0.15) is 16.7 Å². The molecule has 104 valence electrons. The van der Waals surface area contributed by atoms with Crippen LogP contribution in [0.2, 0.25) is 10.0 Å². The van der Waals surface area contributed by atoms with Crippen molar-refractivity contribution in [3.05, 3.63) is 57.1 Å². The van der Waals surface area contributed by atoms with E-state index in [0.717, 1.165) is 45.6 Å². The molecule has 0 atom stereocenters. The van der Waals surface area contributed by atoms with Crippen LogP contribution in [0.4, 0.5) is 5.69 Å². The molecule has 3 rings (SSSR count). The Labute approximate surface area is 128 Å². The zero-order valence-electron chi connectivity index (χ0n) is 11.2. The Balaban J connectivity index is 1.80. The van der Waals surface area contributed by atoms with Gasteiger partial charge in [-0.05, 0) is 42.3 Å². The number of rotatable bonds is 3. The van der Waals surface area contributed by atoms with Gasteiger partial charge in [0.15, 0.2) is 0 Å². The van der Waals surface area contributed by atoms with E-state index in [4.69, 9.17) is 27.9 Å². The minimum absolute atomic E-state index is 0.669. The van der Waals surface area contributed by atoms with Crippen LogP contribution >= 0.6 is 23.2 Å². The van der Waals surface area contributed by atoms with E-state index in [2.05, 4.69) is 5.32 Å². The average Bonchev–Trinajstić information content (AvgIpc) is 2.88. The standard InChI is InChI=1S/C16H15Cl2NO/c1-10-2-3-14(8-15(10)18)19-9-12-7-13(17)6-11-4-5-20-16(11)12/h2-3,6-8,19H,4-5,9H2,1H3. The summed E-state index contributed by atoms with van der Waals surface area (Å²) in [7, 11) is 0. The molecule has 1 aliphatic heterocycles. The molecule has 0 bridgehead atoms. The molecule has 1 N–H and O–H groups in total. The van der Waals surface area contributed by atoms with Gasteiger partial charge in [-0.3, -0.25) is 0 Å². The van der Waals surface area contributed by atoms with E-state index in [-0.39, 0.29) is 0 Å². The maximum atomic E-state index is 6.15. The van der Waals surface area contributed by atoms with Gasteiger partial charge in [0.2, 0.25) is 0 Å². The molecule has 20 heavy (non-hydrogen) atoms. The van der Waals surface area contributed by atoms with Crippen LogP contribution in [0.5, 0.6) is 5.75 Å². The second kappa shape index (κ2) is 5.55. The van der Waals surface area contributed by atoms with Gasteiger partial charge in [0, 0.05) is 34.3 Å². The number of ether oxygens (including phenoxy) is 1. The summed E-state index contributed by atoms with van der Waals surface area (Å²) in [5, 5.41) is 4.89. The van der Waals surface area contributed by atoms with Gasteiger partial charge in [0.25, 0.3) is 0 Å². The average molecular weight is 308 g/mol. The molecule has 2 aromatic carbocycles. The van der Waals surface area contributed by atoms with Gasteiger partial charge in [0.1, 0.15) is 5.75 Å². The van der Waals surface area contributed by atoms with Crippen molar-refractivity contribution in [2.24, 2.45) is 0 Å². The Bertz CT molecular complexity index is 655. The number of benzene rings is 2. The zero-order valence-corrected chi connectivity index (χ0v) is 12.7. The van der Waals surface area contributed by atoms with E-state index in [9.17, 15) is 0 Å². The second-order valence-electron chi connectivity index (χ2n) is 4.97. The summed E-state index contributed by atoms with van der Waals surface area (Å²) < 4.78 is 5.69. The topological polar surface area (TPSA) is 21.3 Å². The largest absolute Gasteiger partial charge is 0.493 e. The van der Waals surface area contributed by atoms with E-state index >= 15 is 0 Å². The third kappa shape index (κ3) is 2.72. The van der Waals surface area contributed by atoms with Gasteiger partial charge in [-0.15, -0.1) is 0 Å². The minimum Gasteiger partial charge on any atom is -0.493 e. The molecule has 0 amide bonds. The number of halogens is 2. The first-order valence-corrected chi connectivity index (χ1v) is 7.33. The highest BCUT2D eigenvalue weighted by Gasteiger charge is 2.17. The SMILES string of the molecule is Cc1ccc(NCc2cc(Cl)cc3c2OCC3)cc1Cl. The molecule has 0 radical (unpaired) electrons. The molecule has 0 unspecified atom stereocenters. The lowest BCUT2D eigenvalue weighted by atomic mass is 10.1. The Kier molecular flexibility index (Phi) is 3.77. The number of fused-ring (bicyclic) bond motifs is 1. The third-order valence-electron chi connectivity index (χ3n) is 3.48. The predicted octanol–water partition coefficient (Wildman–Crippen LogP) is 4.85. The van der Waals surface area contributed by atoms with Gasteiger partial charge in [-0.2, -0.15) is 0 Å². The van der Waals surface area contributed by atoms with Gasteiger partial charge >= 0.3 is 0 Å². The van der Waals surface area contributed by atoms with Gasteiger partial charge in [0.05, 0.1) is 6.61 Å². The summed E-state index contributed by atoms with van der Waals surface area (Å²) in [5.41, 5.74) is 4.34. The summed E-state index contributed by atoms with van der Waals surface area (Å²) in [5.74, 6) is 0.972. The Morgan fingerprint density at radius 1 is 1.20 bits per heavy atom. The third-order valence-corrected chi connectivity index (χ3v) is 4.11. The summed E-state index contributed by atoms with van der Waals surface area (Å²) >= 11 is 12.3.